The third kappa shape index (κ3) is 3.13. The average Bonchev–Trinajstić information content (AvgIpc) is 2.72. The van der Waals surface area contributed by atoms with E-state index in [4.69, 9.17) is 5.11 Å². The zero-order valence-electron chi connectivity index (χ0n) is 15.8. The van der Waals surface area contributed by atoms with Crippen molar-refractivity contribution < 1.29 is 30.6 Å². The molecule has 6 nitrogen and oxygen atoms in total. The number of allylic oxidation sites excluding steroid dienone is 1. The normalized spacial score (nSPS) is 24.5. The monoisotopic (exact) mass is 386 g/mol. The van der Waals surface area contributed by atoms with Crippen LogP contribution >= 0.6 is 0 Å². The van der Waals surface area contributed by atoms with Crippen molar-refractivity contribution in [2.24, 2.45) is 0 Å². The molecule has 1 unspecified atom stereocenters. The van der Waals surface area contributed by atoms with Crippen LogP contribution in [0.3, 0.4) is 0 Å². The highest BCUT2D eigenvalue weighted by Crippen LogP contribution is 2.56. The molecule has 0 saturated carbocycles. The number of rotatable bonds is 6. The zero-order chi connectivity index (χ0) is 20.6. The number of hydrogen-bond acceptors (Lipinski definition) is 6. The minimum Gasteiger partial charge on any atom is -0.509 e. The van der Waals surface area contributed by atoms with Gasteiger partial charge >= 0.3 is 0 Å². The number of fused-ring (bicyclic) bond motifs is 1. The highest BCUT2D eigenvalue weighted by Gasteiger charge is 2.48. The molecule has 28 heavy (non-hydrogen) atoms. The molecule has 6 N–H and O–H groups in total. The SMILES string of the molecule is Cc1ccc2c(c1)C(C)(c1ccccc1)C2=C(O)[C@H](O)[C@@H](O)[C@H](O)[C@H](O)CO. The molecule has 1 aliphatic carbocycles. The van der Waals surface area contributed by atoms with E-state index in [1.165, 1.54) is 0 Å². The van der Waals surface area contributed by atoms with E-state index in [0.717, 1.165) is 22.3 Å². The van der Waals surface area contributed by atoms with E-state index < -0.39 is 42.2 Å². The third-order valence-corrected chi connectivity index (χ3v) is 5.63. The quantitative estimate of drug-likeness (QED) is 0.412. The first kappa shape index (κ1) is 20.5. The van der Waals surface area contributed by atoms with Gasteiger partial charge in [0, 0.05) is 11.0 Å². The summed E-state index contributed by atoms with van der Waals surface area (Å²) in [7, 11) is 0. The van der Waals surface area contributed by atoms with Crippen LogP contribution in [0.5, 0.6) is 0 Å². The molecule has 0 radical (unpaired) electrons. The summed E-state index contributed by atoms with van der Waals surface area (Å²) in [6, 6.07) is 15.3. The van der Waals surface area contributed by atoms with E-state index in [9.17, 15) is 25.5 Å². The van der Waals surface area contributed by atoms with Crippen LogP contribution in [0.2, 0.25) is 0 Å². The Morgan fingerprint density at radius 3 is 2.21 bits per heavy atom. The summed E-state index contributed by atoms with van der Waals surface area (Å²) in [4.78, 5) is 0. The Morgan fingerprint density at radius 1 is 0.964 bits per heavy atom. The van der Waals surface area contributed by atoms with E-state index in [0.29, 0.717) is 5.57 Å². The van der Waals surface area contributed by atoms with Gasteiger partial charge in [0.15, 0.2) is 0 Å². The van der Waals surface area contributed by atoms with Gasteiger partial charge in [0.1, 0.15) is 30.2 Å². The van der Waals surface area contributed by atoms with Crippen molar-refractivity contribution in [1.29, 1.82) is 0 Å². The lowest BCUT2D eigenvalue weighted by Crippen LogP contribution is -2.48. The summed E-state index contributed by atoms with van der Waals surface area (Å²) in [5.41, 5.74) is 3.43. The fraction of sp³-hybridized carbons (Fsp3) is 0.364. The molecule has 0 spiro atoms. The maximum absolute atomic E-state index is 10.8. The second-order valence-corrected chi connectivity index (χ2v) is 7.48. The van der Waals surface area contributed by atoms with E-state index in [2.05, 4.69) is 0 Å². The summed E-state index contributed by atoms with van der Waals surface area (Å²) in [5, 5.41) is 59.9. The molecule has 0 fully saturated rings. The van der Waals surface area contributed by atoms with Crippen molar-refractivity contribution in [3.63, 3.8) is 0 Å². The predicted molar refractivity (Wildman–Crippen MR) is 105 cm³/mol. The number of benzene rings is 2. The van der Waals surface area contributed by atoms with Crippen LogP contribution in [0.25, 0.3) is 5.57 Å². The maximum Gasteiger partial charge on any atom is 0.139 e. The van der Waals surface area contributed by atoms with Gasteiger partial charge in [-0.05, 0) is 30.5 Å². The van der Waals surface area contributed by atoms with Crippen molar-refractivity contribution in [3.8, 4) is 0 Å². The van der Waals surface area contributed by atoms with Crippen LogP contribution in [0.4, 0.5) is 0 Å². The first-order valence-corrected chi connectivity index (χ1v) is 9.17. The Labute approximate surface area is 163 Å². The number of aryl methyl sites for hydroxylation is 1. The van der Waals surface area contributed by atoms with Crippen LogP contribution < -0.4 is 0 Å². The summed E-state index contributed by atoms with van der Waals surface area (Å²) in [6.07, 6.45) is -7.16. The van der Waals surface area contributed by atoms with Gasteiger partial charge in [0.05, 0.1) is 6.61 Å². The van der Waals surface area contributed by atoms with Crippen LogP contribution in [0.15, 0.2) is 54.3 Å². The van der Waals surface area contributed by atoms with E-state index in [1.807, 2.05) is 62.4 Å². The lowest BCUT2D eigenvalue weighted by Gasteiger charge is -2.46. The van der Waals surface area contributed by atoms with Crippen molar-refractivity contribution in [2.75, 3.05) is 6.61 Å². The minimum atomic E-state index is -1.87. The summed E-state index contributed by atoms with van der Waals surface area (Å²) in [6.45, 7) is 3.11. The van der Waals surface area contributed by atoms with Gasteiger partial charge in [0.25, 0.3) is 0 Å². The van der Waals surface area contributed by atoms with Gasteiger partial charge < -0.3 is 30.6 Å². The highest BCUT2D eigenvalue weighted by molar-refractivity contribution is 5.92. The molecule has 0 aromatic heterocycles. The summed E-state index contributed by atoms with van der Waals surface area (Å²) < 4.78 is 0. The Kier molecular flexibility index (Phi) is 5.61. The first-order valence-electron chi connectivity index (χ1n) is 9.17. The van der Waals surface area contributed by atoms with Crippen molar-refractivity contribution >= 4 is 5.57 Å². The molecule has 1 aliphatic rings. The van der Waals surface area contributed by atoms with Crippen LogP contribution in [-0.2, 0) is 5.41 Å². The Hall–Kier alpha value is -2.22. The molecular weight excluding hydrogens is 360 g/mol. The molecule has 3 rings (SSSR count). The topological polar surface area (TPSA) is 121 Å². The Balaban J connectivity index is 2.10. The molecule has 2 aromatic rings. The Morgan fingerprint density at radius 2 is 1.61 bits per heavy atom. The maximum atomic E-state index is 10.8. The molecule has 2 aromatic carbocycles. The van der Waals surface area contributed by atoms with Crippen LogP contribution in [-0.4, -0.2) is 61.7 Å². The number of hydrogen-bond donors (Lipinski definition) is 6. The number of aliphatic hydroxyl groups is 6. The van der Waals surface area contributed by atoms with Gasteiger partial charge in [-0.15, -0.1) is 0 Å². The molecule has 0 bridgehead atoms. The van der Waals surface area contributed by atoms with Crippen molar-refractivity contribution in [1.82, 2.24) is 0 Å². The van der Waals surface area contributed by atoms with Gasteiger partial charge in [-0.3, -0.25) is 0 Å². The molecule has 0 aliphatic heterocycles. The predicted octanol–water partition coefficient (Wildman–Crippen LogP) is 1.02. The standard InChI is InChI=1S/C22H26O6/c1-12-8-9-14-15(10-12)22(2,13-6-4-3-5-7-13)17(14)19(26)21(28)20(27)18(25)16(24)11-23/h3-10,16,18,20-21,23-28H,11H2,1-2H3/t16-,18-,20+,21+,22?/m1/s1. The molecule has 5 atom stereocenters. The van der Waals surface area contributed by atoms with E-state index in [-0.39, 0.29) is 0 Å². The average molecular weight is 386 g/mol. The summed E-state index contributed by atoms with van der Waals surface area (Å²) in [5.74, 6) is -0.473. The van der Waals surface area contributed by atoms with Gasteiger partial charge in [-0.25, -0.2) is 0 Å². The van der Waals surface area contributed by atoms with Gasteiger partial charge in [0.2, 0.25) is 0 Å². The molecule has 6 heteroatoms. The molecular formula is C22H26O6. The van der Waals surface area contributed by atoms with Crippen molar-refractivity contribution in [3.05, 3.63) is 76.5 Å². The summed E-state index contributed by atoms with van der Waals surface area (Å²) >= 11 is 0. The van der Waals surface area contributed by atoms with Crippen LogP contribution in [0, 0.1) is 6.92 Å². The largest absolute Gasteiger partial charge is 0.509 e. The number of aliphatic hydroxyl groups excluding tert-OH is 6. The zero-order valence-corrected chi connectivity index (χ0v) is 15.8. The fourth-order valence-corrected chi connectivity index (χ4v) is 3.93. The van der Waals surface area contributed by atoms with E-state index in [1.54, 1.807) is 0 Å². The van der Waals surface area contributed by atoms with Crippen molar-refractivity contribution in [2.45, 2.75) is 43.7 Å². The second kappa shape index (κ2) is 7.66. The van der Waals surface area contributed by atoms with E-state index >= 15 is 0 Å². The lowest BCUT2D eigenvalue weighted by molar-refractivity contribution is -0.112. The molecule has 0 saturated heterocycles. The lowest BCUT2D eigenvalue weighted by atomic mass is 9.57. The second-order valence-electron chi connectivity index (χ2n) is 7.48. The fourth-order valence-electron chi connectivity index (χ4n) is 3.93. The Bertz CT molecular complexity index is 878. The van der Waals surface area contributed by atoms with Gasteiger partial charge in [-0.1, -0.05) is 54.1 Å². The smallest absolute Gasteiger partial charge is 0.139 e. The first-order chi connectivity index (χ1) is 13.2. The minimum absolute atomic E-state index is 0.450. The molecule has 150 valence electrons. The van der Waals surface area contributed by atoms with Gasteiger partial charge in [-0.2, -0.15) is 0 Å². The molecule has 0 amide bonds. The third-order valence-electron chi connectivity index (χ3n) is 5.63. The molecule has 0 heterocycles. The van der Waals surface area contributed by atoms with Crippen LogP contribution in [0.1, 0.15) is 29.2 Å². The highest BCUT2D eigenvalue weighted by atomic mass is 16.4.